The highest BCUT2D eigenvalue weighted by Crippen LogP contribution is 2.49. The van der Waals surface area contributed by atoms with Gasteiger partial charge in [-0.15, -0.1) is 0 Å². The van der Waals surface area contributed by atoms with Crippen molar-refractivity contribution in [3.05, 3.63) is 48.3 Å². The first-order chi connectivity index (χ1) is 14.6. The van der Waals surface area contributed by atoms with Crippen molar-refractivity contribution < 1.29 is 14.3 Å². The van der Waals surface area contributed by atoms with Crippen LogP contribution < -0.4 is 20.1 Å². The molecule has 1 aromatic heterocycles. The number of urea groups is 1. The predicted octanol–water partition coefficient (Wildman–Crippen LogP) is 3.41. The molecule has 30 heavy (non-hydrogen) atoms. The summed E-state index contributed by atoms with van der Waals surface area (Å²) in [7, 11) is 5.53. The number of likely N-dealkylation sites (tertiary alicyclic amines) is 1. The second-order valence-electron chi connectivity index (χ2n) is 8.28. The van der Waals surface area contributed by atoms with Crippen LogP contribution in [0.2, 0.25) is 0 Å². The van der Waals surface area contributed by atoms with Gasteiger partial charge in [-0.05, 0) is 69.1 Å². The molecule has 160 valence electrons. The molecule has 2 amide bonds. The zero-order chi connectivity index (χ0) is 21.1. The van der Waals surface area contributed by atoms with Gasteiger partial charge in [-0.25, -0.2) is 4.79 Å². The Morgan fingerprint density at radius 3 is 2.63 bits per heavy atom. The first-order valence-electron chi connectivity index (χ1n) is 10.5. The van der Waals surface area contributed by atoms with Crippen molar-refractivity contribution >= 4 is 11.7 Å². The molecule has 1 aromatic carbocycles. The second kappa shape index (κ2) is 8.52. The summed E-state index contributed by atoms with van der Waals surface area (Å²) in [5, 5.41) is 6.06. The number of nitrogens with zero attached hydrogens (tertiary/aromatic N) is 2. The third-order valence-electron chi connectivity index (χ3n) is 6.76. The third-order valence-corrected chi connectivity index (χ3v) is 6.76. The summed E-state index contributed by atoms with van der Waals surface area (Å²) in [6, 6.07) is 10.2. The van der Waals surface area contributed by atoms with Gasteiger partial charge in [0.25, 0.3) is 0 Å². The Kier molecular flexibility index (Phi) is 5.81. The SMILES string of the molecule is COc1ccc(C23CCC(NC(=O)Nc4ccncc4)CC2N(C)CC3)cc1OC. The van der Waals surface area contributed by atoms with Crippen LogP contribution in [0.25, 0.3) is 0 Å². The number of hydrogen-bond acceptors (Lipinski definition) is 5. The topological polar surface area (TPSA) is 75.7 Å². The van der Waals surface area contributed by atoms with Gasteiger partial charge in [-0.1, -0.05) is 6.07 Å². The monoisotopic (exact) mass is 410 g/mol. The smallest absolute Gasteiger partial charge is 0.319 e. The number of carbonyl (C=O) groups excluding carboxylic acids is 1. The number of methoxy groups -OCH3 is 2. The zero-order valence-corrected chi connectivity index (χ0v) is 17.9. The van der Waals surface area contributed by atoms with E-state index in [2.05, 4.69) is 39.7 Å². The number of amides is 2. The minimum absolute atomic E-state index is 0.0774. The number of likely N-dealkylation sites (N-methyl/N-ethyl adjacent to an activating group) is 1. The molecule has 0 bridgehead atoms. The van der Waals surface area contributed by atoms with E-state index in [4.69, 9.17) is 9.47 Å². The predicted molar refractivity (Wildman–Crippen MR) is 116 cm³/mol. The molecule has 3 atom stereocenters. The Hall–Kier alpha value is -2.80. The van der Waals surface area contributed by atoms with Crippen molar-refractivity contribution in [2.75, 3.05) is 33.1 Å². The number of aromatic nitrogens is 1. The number of fused-ring (bicyclic) bond motifs is 1. The van der Waals surface area contributed by atoms with Gasteiger partial charge in [0, 0.05) is 35.6 Å². The summed E-state index contributed by atoms with van der Waals surface area (Å²) in [6.45, 7) is 1.05. The lowest BCUT2D eigenvalue weighted by Gasteiger charge is -2.45. The highest BCUT2D eigenvalue weighted by molar-refractivity contribution is 5.89. The highest BCUT2D eigenvalue weighted by atomic mass is 16.5. The van der Waals surface area contributed by atoms with E-state index < -0.39 is 0 Å². The normalized spacial score (nSPS) is 26.0. The molecule has 2 aromatic rings. The number of rotatable bonds is 5. The van der Waals surface area contributed by atoms with Crippen molar-refractivity contribution in [1.29, 1.82) is 0 Å². The Bertz CT molecular complexity index is 891. The van der Waals surface area contributed by atoms with Gasteiger partial charge < -0.3 is 25.0 Å². The maximum absolute atomic E-state index is 12.5. The summed E-state index contributed by atoms with van der Waals surface area (Å²) in [6.07, 6.45) is 7.34. The van der Waals surface area contributed by atoms with Crippen molar-refractivity contribution in [2.24, 2.45) is 0 Å². The van der Waals surface area contributed by atoms with Crippen LogP contribution in [0.3, 0.4) is 0 Å². The molecule has 2 fully saturated rings. The minimum atomic E-state index is -0.162. The summed E-state index contributed by atoms with van der Waals surface area (Å²) < 4.78 is 11.0. The van der Waals surface area contributed by atoms with Crippen molar-refractivity contribution in [1.82, 2.24) is 15.2 Å². The van der Waals surface area contributed by atoms with Crippen LogP contribution in [0.15, 0.2) is 42.7 Å². The van der Waals surface area contributed by atoms with Gasteiger partial charge in [0.05, 0.1) is 14.2 Å². The molecule has 0 radical (unpaired) electrons. The highest BCUT2D eigenvalue weighted by Gasteiger charge is 2.50. The van der Waals surface area contributed by atoms with E-state index in [9.17, 15) is 4.79 Å². The van der Waals surface area contributed by atoms with E-state index in [-0.39, 0.29) is 17.5 Å². The molecule has 4 rings (SSSR count). The Morgan fingerprint density at radius 2 is 1.90 bits per heavy atom. The fourth-order valence-corrected chi connectivity index (χ4v) is 5.18. The van der Waals surface area contributed by atoms with Crippen molar-refractivity contribution in [3.8, 4) is 11.5 Å². The molecule has 2 heterocycles. The van der Waals surface area contributed by atoms with Crippen LogP contribution in [-0.2, 0) is 5.41 Å². The number of benzene rings is 1. The van der Waals surface area contributed by atoms with E-state index in [0.717, 1.165) is 49.4 Å². The summed E-state index contributed by atoms with van der Waals surface area (Å²) >= 11 is 0. The zero-order valence-electron chi connectivity index (χ0n) is 17.9. The van der Waals surface area contributed by atoms with Crippen LogP contribution in [0.5, 0.6) is 11.5 Å². The van der Waals surface area contributed by atoms with Crippen molar-refractivity contribution in [3.63, 3.8) is 0 Å². The number of anilines is 1. The maximum Gasteiger partial charge on any atom is 0.319 e. The molecular weight excluding hydrogens is 380 g/mol. The van der Waals surface area contributed by atoms with Crippen molar-refractivity contribution in [2.45, 2.75) is 43.2 Å². The van der Waals surface area contributed by atoms with Gasteiger partial charge in [-0.2, -0.15) is 0 Å². The van der Waals surface area contributed by atoms with E-state index >= 15 is 0 Å². The molecule has 0 spiro atoms. The number of hydrogen-bond donors (Lipinski definition) is 2. The van der Waals surface area contributed by atoms with Crippen LogP contribution >= 0.6 is 0 Å². The molecule has 3 unspecified atom stereocenters. The largest absolute Gasteiger partial charge is 0.493 e. The third kappa shape index (κ3) is 3.81. The van der Waals surface area contributed by atoms with Gasteiger partial charge in [0.2, 0.25) is 0 Å². The average molecular weight is 411 g/mol. The lowest BCUT2D eigenvalue weighted by molar-refractivity contribution is 0.156. The standard InChI is InChI=1S/C23H30N4O3/c1-27-13-10-23(16-4-5-19(29-2)20(14-16)30-3)9-6-18(15-21(23)27)26-22(28)25-17-7-11-24-12-8-17/h4-5,7-8,11-12,14,18,21H,6,9-10,13,15H2,1-3H3,(H2,24,25,26,28). The number of carbonyl (C=O) groups is 1. The summed E-state index contributed by atoms with van der Waals surface area (Å²) in [5.74, 6) is 1.53. The van der Waals surface area contributed by atoms with Gasteiger partial charge in [-0.3, -0.25) is 4.98 Å². The Balaban J connectivity index is 1.49. The molecular formula is C23H30N4O3. The first-order valence-corrected chi connectivity index (χ1v) is 10.5. The summed E-state index contributed by atoms with van der Waals surface area (Å²) in [4.78, 5) is 18.9. The van der Waals surface area contributed by atoms with E-state index in [0.29, 0.717) is 6.04 Å². The van der Waals surface area contributed by atoms with Crippen LogP contribution in [-0.4, -0.2) is 55.8 Å². The fourth-order valence-electron chi connectivity index (χ4n) is 5.18. The molecule has 1 aliphatic heterocycles. The Labute approximate surface area is 177 Å². The fraction of sp³-hybridized carbons (Fsp3) is 0.478. The molecule has 2 aliphatic rings. The quantitative estimate of drug-likeness (QED) is 0.790. The lowest BCUT2D eigenvalue weighted by Crippen LogP contribution is -2.52. The average Bonchev–Trinajstić information content (AvgIpc) is 3.11. The molecule has 1 saturated heterocycles. The molecule has 7 nitrogen and oxygen atoms in total. The summed E-state index contributed by atoms with van der Waals surface area (Å²) in [5.41, 5.74) is 2.12. The molecule has 2 N–H and O–H groups in total. The van der Waals surface area contributed by atoms with Gasteiger partial charge in [0.1, 0.15) is 0 Å². The van der Waals surface area contributed by atoms with E-state index in [1.807, 2.05) is 6.07 Å². The lowest BCUT2D eigenvalue weighted by atomic mass is 9.65. The maximum atomic E-state index is 12.5. The van der Waals surface area contributed by atoms with E-state index in [1.165, 1.54) is 5.56 Å². The number of nitrogens with one attached hydrogen (secondary N) is 2. The first kappa shape index (κ1) is 20.5. The number of ether oxygens (including phenoxy) is 2. The van der Waals surface area contributed by atoms with Gasteiger partial charge in [0.15, 0.2) is 11.5 Å². The Morgan fingerprint density at radius 1 is 1.13 bits per heavy atom. The molecule has 1 saturated carbocycles. The van der Waals surface area contributed by atoms with Crippen LogP contribution in [0, 0.1) is 0 Å². The van der Waals surface area contributed by atoms with Gasteiger partial charge >= 0.3 is 6.03 Å². The van der Waals surface area contributed by atoms with Crippen LogP contribution in [0.4, 0.5) is 10.5 Å². The minimum Gasteiger partial charge on any atom is -0.493 e. The number of pyridine rings is 1. The van der Waals surface area contributed by atoms with Crippen LogP contribution in [0.1, 0.15) is 31.2 Å². The molecule has 7 heteroatoms. The van der Waals surface area contributed by atoms with E-state index in [1.54, 1.807) is 38.7 Å². The second-order valence-corrected chi connectivity index (χ2v) is 8.28. The molecule has 1 aliphatic carbocycles.